The lowest BCUT2D eigenvalue weighted by atomic mass is 10.1. The molecule has 0 unspecified atom stereocenters. The first-order valence-electron chi connectivity index (χ1n) is 6.59. The number of para-hydroxylation sites is 2. The fraction of sp³-hybridized carbons (Fsp3) is 0.250. The first-order chi connectivity index (χ1) is 9.25. The van der Waals surface area contributed by atoms with Crippen LogP contribution in [0, 0.1) is 6.92 Å². The van der Waals surface area contributed by atoms with E-state index >= 15 is 0 Å². The number of hydrogen-bond donors (Lipinski definition) is 2. The molecule has 2 N–H and O–H groups in total. The Kier molecular flexibility index (Phi) is 3.34. The highest BCUT2D eigenvalue weighted by molar-refractivity contribution is 6.33. The Morgan fingerprint density at radius 2 is 2.05 bits per heavy atom. The first-order valence-corrected chi connectivity index (χ1v) is 6.97. The Hall–Kier alpha value is -1.67. The number of nitrogens with one attached hydrogen (secondary N) is 2. The molecule has 0 amide bonds. The lowest BCUT2D eigenvalue weighted by Gasteiger charge is -2.14. The van der Waals surface area contributed by atoms with Gasteiger partial charge in [-0.2, -0.15) is 0 Å². The van der Waals surface area contributed by atoms with E-state index in [1.807, 2.05) is 12.1 Å². The lowest BCUT2D eigenvalue weighted by Crippen LogP contribution is -2.04. The second kappa shape index (κ2) is 5.14. The van der Waals surface area contributed by atoms with E-state index in [0.29, 0.717) is 0 Å². The maximum atomic E-state index is 6.23. The Morgan fingerprint density at radius 1 is 1.21 bits per heavy atom. The molecule has 2 aromatic carbocycles. The van der Waals surface area contributed by atoms with Crippen molar-refractivity contribution in [2.75, 3.05) is 17.2 Å². The number of anilines is 2. The van der Waals surface area contributed by atoms with Crippen LogP contribution in [0.25, 0.3) is 0 Å². The molecule has 0 radical (unpaired) electrons. The molecular weight excluding hydrogens is 256 g/mol. The third-order valence-corrected chi connectivity index (χ3v) is 3.93. The second-order valence-electron chi connectivity index (χ2n) is 4.91. The minimum atomic E-state index is 0.778. The lowest BCUT2D eigenvalue weighted by molar-refractivity contribution is 1.11. The minimum Gasteiger partial charge on any atom is -0.384 e. The highest BCUT2D eigenvalue weighted by atomic mass is 35.5. The van der Waals surface area contributed by atoms with Gasteiger partial charge in [0.1, 0.15) is 0 Å². The predicted octanol–water partition coefficient (Wildman–Crippen LogP) is 4.23. The van der Waals surface area contributed by atoms with Crippen molar-refractivity contribution in [1.29, 1.82) is 0 Å². The van der Waals surface area contributed by atoms with Crippen LogP contribution in [0.5, 0.6) is 0 Å². The fourth-order valence-corrected chi connectivity index (χ4v) is 2.89. The first kappa shape index (κ1) is 12.4. The molecule has 2 aromatic rings. The molecule has 98 valence electrons. The summed E-state index contributed by atoms with van der Waals surface area (Å²) in [6.45, 7) is 3.90. The van der Waals surface area contributed by atoms with E-state index in [1.165, 1.54) is 22.4 Å². The van der Waals surface area contributed by atoms with Crippen molar-refractivity contribution < 1.29 is 0 Å². The molecule has 0 atom stereocenters. The zero-order chi connectivity index (χ0) is 13.2. The summed E-state index contributed by atoms with van der Waals surface area (Å²) in [5.74, 6) is 0. The monoisotopic (exact) mass is 272 g/mol. The Bertz CT molecular complexity index is 587. The normalized spacial score (nSPS) is 12.9. The predicted molar refractivity (Wildman–Crippen MR) is 82.2 cm³/mol. The smallest absolute Gasteiger partial charge is 0.0640 e. The van der Waals surface area contributed by atoms with Crippen molar-refractivity contribution in [2.24, 2.45) is 0 Å². The van der Waals surface area contributed by atoms with Crippen LogP contribution >= 0.6 is 11.6 Å². The summed E-state index contributed by atoms with van der Waals surface area (Å²) in [5.41, 5.74) is 6.21. The molecule has 2 nitrogen and oxygen atoms in total. The summed E-state index contributed by atoms with van der Waals surface area (Å²) in [6.07, 6.45) is 1.12. The molecule has 0 saturated carbocycles. The molecule has 3 heteroatoms. The van der Waals surface area contributed by atoms with Gasteiger partial charge in [0.05, 0.1) is 10.7 Å². The molecule has 0 aliphatic carbocycles. The van der Waals surface area contributed by atoms with Gasteiger partial charge in [0, 0.05) is 18.8 Å². The highest BCUT2D eigenvalue weighted by Gasteiger charge is 2.13. The van der Waals surface area contributed by atoms with Gasteiger partial charge in [0.25, 0.3) is 0 Å². The van der Waals surface area contributed by atoms with Crippen LogP contribution in [-0.2, 0) is 13.0 Å². The van der Waals surface area contributed by atoms with Crippen molar-refractivity contribution in [3.8, 4) is 0 Å². The quantitative estimate of drug-likeness (QED) is 0.874. The third-order valence-electron chi connectivity index (χ3n) is 3.61. The van der Waals surface area contributed by atoms with Gasteiger partial charge in [-0.05, 0) is 36.1 Å². The molecule has 3 rings (SSSR count). The van der Waals surface area contributed by atoms with Gasteiger partial charge in [-0.1, -0.05) is 41.9 Å². The van der Waals surface area contributed by atoms with Crippen LogP contribution in [0.1, 0.15) is 16.7 Å². The van der Waals surface area contributed by atoms with Crippen molar-refractivity contribution in [3.63, 3.8) is 0 Å². The zero-order valence-electron chi connectivity index (χ0n) is 11.0. The van der Waals surface area contributed by atoms with Gasteiger partial charge < -0.3 is 10.6 Å². The van der Waals surface area contributed by atoms with E-state index in [1.54, 1.807) is 0 Å². The summed E-state index contributed by atoms with van der Waals surface area (Å²) >= 11 is 6.23. The molecular formula is C16H17ClN2. The van der Waals surface area contributed by atoms with E-state index in [2.05, 4.69) is 41.8 Å². The molecule has 1 heterocycles. The van der Waals surface area contributed by atoms with E-state index in [-0.39, 0.29) is 0 Å². The van der Waals surface area contributed by atoms with Crippen LogP contribution in [0.3, 0.4) is 0 Å². The van der Waals surface area contributed by atoms with E-state index in [0.717, 1.165) is 30.2 Å². The fourth-order valence-electron chi connectivity index (χ4n) is 2.60. The Balaban J connectivity index is 1.82. The average molecular weight is 273 g/mol. The maximum absolute atomic E-state index is 6.23. The van der Waals surface area contributed by atoms with Crippen LogP contribution in [0.4, 0.5) is 11.4 Å². The van der Waals surface area contributed by atoms with Gasteiger partial charge in [-0.3, -0.25) is 0 Å². The number of hydrogen-bond acceptors (Lipinski definition) is 2. The largest absolute Gasteiger partial charge is 0.384 e. The van der Waals surface area contributed by atoms with Crippen molar-refractivity contribution >= 4 is 23.0 Å². The Labute approximate surface area is 118 Å². The van der Waals surface area contributed by atoms with Crippen molar-refractivity contribution in [3.05, 3.63) is 58.1 Å². The van der Waals surface area contributed by atoms with Crippen molar-refractivity contribution in [2.45, 2.75) is 19.9 Å². The molecule has 0 fully saturated rings. The Morgan fingerprint density at radius 3 is 2.89 bits per heavy atom. The van der Waals surface area contributed by atoms with E-state index < -0.39 is 0 Å². The van der Waals surface area contributed by atoms with Gasteiger partial charge in [-0.15, -0.1) is 0 Å². The molecule has 0 bridgehead atoms. The van der Waals surface area contributed by atoms with Gasteiger partial charge in [-0.25, -0.2) is 0 Å². The summed E-state index contributed by atoms with van der Waals surface area (Å²) in [7, 11) is 0. The molecule has 0 spiro atoms. The summed E-state index contributed by atoms with van der Waals surface area (Å²) in [4.78, 5) is 0. The van der Waals surface area contributed by atoms with E-state index in [4.69, 9.17) is 11.6 Å². The molecule has 0 aromatic heterocycles. The standard InChI is InChI=1S/C16H17ClN2/c1-11-4-2-7-14(17)15(11)19-10-13-6-3-5-12-8-9-18-16(12)13/h2-7,18-19H,8-10H2,1H3. The van der Waals surface area contributed by atoms with Crippen LogP contribution in [0.2, 0.25) is 5.02 Å². The summed E-state index contributed by atoms with van der Waals surface area (Å²) in [6, 6.07) is 12.5. The van der Waals surface area contributed by atoms with Gasteiger partial charge in [0.2, 0.25) is 0 Å². The second-order valence-corrected chi connectivity index (χ2v) is 5.32. The number of halogens is 1. The maximum Gasteiger partial charge on any atom is 0.0640 e. The van der Waals surface area contributed by atoms with Crippen LogP contribution in [0.15, 0.2) is 36.4 Å². The summed E-state index contributed by atoms with van der Waals surface area (Å²) in [5, 5.41) is 7.69. The zero-order valence-corrected chi connectivity index (χ0v) is 11.7. The van der Waals surface area contributed by atoms with Crippen LogP contribution in [-0.4, -0.2) is 6.54 Å². The molecule has 1 aliphatic rings. The van der Waals surface area contributed by atoms with E-state index in [9.17, 15) is 0 Å². The molecule has 0 saturated heterocycles. The average Bonchev–Trinajstić information content (AvgIpc) is 2.87. The number of fused-ring (bicyclic) bond motifs is 1. The number of aryl methyl sites for hydroxylation is 1. The van der Waals surface area contributed by atoms with Gasteiger partial charge in [0.15, 0.2) is 0 Å². The molecule has 1 aliphatic heterocycles. The minimum absolute atomic E-state index is 0.778. The number of benzene rings is 2. The third kappa shape index (κ3) is 2.41. The van der Waals surface area contributed by atoms with Crippen LogP contribution < -0.4 is 10.6 Å². The SMILES string of the molecule is Cc1cccc(Cl)c1NCc1cccc2c1NCC2. The topological polar surface area (TPSA) is 24.1 Å². The molecule has 19 heavy (non-hydrogen) atoms. The number of rotatable bonds is 3. The summed E-state index contributed by atoms with van der Waals surface area (Å²) < 4.78 is 0. The highest BCUT2D eigenvalue weighted by Crippen LogP contribution is 2.29. The van der Waals surface area contributed by atoms with Gasteiger partial charge >= 0.3 is 0 Å². The van der Waals surface area contributed by atoms with Crippen molar-refractivity contribution in [1.82, 2.24) is 0 Å².